The Hall–Kier alpha value is -6.38. The van der Waals surface area contributed by atoms with Gasteiger partial charge in [-0.1, -0.05) is 133 Å². The molecule has 9 aromatic rings. The molecule has 49 heavy (non-hydrogen) atoms. The first-order chi connectivity index (χ1) is 24.3. The summed E-state index contributed by atoms with van der Waals surface area (Å²) in [5.41, 5.74) is 10.0. The van der Waals surface area contributed by atoms with E-state index in [1.807, 2.05) is 0 Å². The molecular formula is C47H31NO. The van der Waals surface area contributed by atoms with Crippen molar-refractivity contribution in [3.05, 3.63) is 210 Å². The molecule has 1 aliphatic rings. The van der Waals surface area contributed by atoms with E-state index in [0.717, 1.165) is 33.9 Å². The van der Waals surface area contributed by atoms with Gasteiger partial charge in [-0.15, -0.1) is 0 Å². The molecule has 1 aliphatic heterocycles. The third-order valence-corrected chi connectivity index (χ3v) is 10.3. The number of aromatic nitrogens is 1. The van der Waals surface area contributed by atoms with Gasteiger partial charge in [0.1, 0.15) is 11.5 Å². The molecule has 0 spiro atoms. The third-order valence-electron chi connectivity index (χ3n) is 10.3. The largest absolute Gasteiger partial charge is 0.457 e. The van der Waals surface area contributed by atoms with Crippen LogP contribution in [-0.4, -0.2) is 4.57 Å². The number of fused-ring (bicyclic) bond motifs is 6. The van der Waals surface area contributed by atoms with Gasteiger partial charge < -0.3 is 9.30 Å². The van der Waals surface area contributed by atoms with Gasteiger partial charge in [-0.2, -0.15) is 0 Å². The number of benzene rings is 8. The van der Waals surface area contributed by atoms with Crippen LogP contribution in [-0.2, 0) is 5.41 Å². The molecule has 0 N–H and O–H groups in total. The Labute approximate surface area is 285 Å². The zero-order chi connectivity index (χ0) is 32.4. The van der Waals surface area contributed by atoms with Crippen LogP contribution in [0.1, 0.15) is 22.3 Å². The molecule has 0 bridgehead atoms. The summed E-state index contributed by atoms with van der Waals surface area (Å²) in [5.74, 6) is 1.77. The molecule has 0 radical (unpaired) electrons. The van der Waals surface area contributed by atoms with Crippen LogP contribution in [0.25, 0.3) is 49.4 Å². The van der Waals surface area contributed by atoms with Crippen LogP contribution in [0.5, 0.6) is 11.5 Å². The molecule has 230 valence electrons. The van der Waals surface area contributed by atoms with Crippen molar-refractivity contribution < 1.29 is 4.74 Å². The first-order valence-corrected chi connectivity index (χ1v) is 16.8. The first kappa shape index (κ1) is 27.7. The Bertz CT molecular complexity index is 2630. The minimum absolute atomic E-state index is 0.560. The maximum absolute atomic E-state index is 6.68. The number of hydrogen-bond acceptors (Lipinski definition) is 1. The number of nitrogens with zero attached hydrogens (tertiary/aromatic N) is 1. The van der Waals surface area contributed by atoms with Crippen molar-refractivity contribution in [2.24, 2.45) is 0 Å². The fourth-order valence-corrected chi connectivity index (χ4v) is 8.13. The quantitative estimate of drug-likeness (QED) is 0.190. The minimum atomic E-state index is -0.560. The second kappa shape index (κ2) is 10.8. The topological polar surface area (TPSA) is 14.2 Å². The number of rotatable bonds is 4. The van der Waals surface area contributed by atoms with E-state index in [1.165, 1.54) is 49.3 Å². The Kier molecular flexibility index (Phi) is 6.13. The monoisotopic (exact) mass is 625 g/mol. The van der Waals surface area contributed by atoms with E-state index in [9.17, 15) is 0 Å². The Morgan fingerprint density at radius 3 is 1.67 bits per heavy atom. The van der Waals surface area contributed by atoms with Gasteiger partial charge in [0.15, 0.2) is 0 Å². The second-order valence-corrected chi connectivity index (χ2v) is 12.9. The molecule has 0 unspecified atom stereocenters. The Morgan fingerprint density at radius 2 is 0.939 bits per heavy atom. The lowest BCUT2D eigenvalue weighted by Crippen LogP contribution is -2.34. The molecule has 0 saturated carbocycles. The predicted molar refractivity (Wildman–Crippen MR) is 202 cm³/mol. The fourth-order valence-electron chi connectivity index (χ4n) is 8.13. The predicted octanol–water partition coefficient (Wildman–Crippen LogP) is 12.1. The standard InChI is InChI=1S/C47H31NO/c1-4-16-36(17-5-1)47(37-18-6-2-7-19-37)41-22-12-13-23-45(41)49-46-27-25-35(30-42(46)47)34-24-26-43-39(29-34)40-28-32-14-10-11-15-33(32)31-44(40)48(43)38-20-8-3-9-21-38/h1-31H. The van der Waals surface area contributed by atoms with Crippen molar-refractivity contribution >= 4 is 32.6 Å². The first-order valence-electron chi connectivity index (χ1n) is 16.8. The van der Waals surface area contributed by atoms with Crippen molar-refractivity contribution in [2.75, 3.05) is 0 Å². The molecule has 0 fully saturated rings. The van der Waals surface area contributed by atoms with Crippen molar-refractivity contribution in [3.8, 4) is 28.3 Å². The van der Waals surface area contributed by atoms with Gasteiger partial charge in [0.25, 0.3) is 0 Å². The van der Waals surface area contributed by atoms with Crippen LogP contribution in [0.15, 0.2) is 188 Å². The highest BCUT2D eigenvalue weighted by molar-refractivity contribution is 6.14. The van der Waals surface area contributed by atoms with E-state index in [2.05, 4.69) is 193 Å². The van der Waals surface area contributed by atoms with E-state index in [1.54, 1.807) is 0 Å². The summed E-state index contributed by atoms with van der Waals surface area (Å²) >= 11 is 0. The van der Waals surface area contributed by atoms with Crippen LogP contribution in [0, 0.1) is 0 Å². The highest BCUT2D eigenvalue weighted by Gasteiger charge is 2.45. The van der Waals surface area contributed by atoms with Crippen LogP contribution >= 0.6 is 0 Å². The molecule has 0 saturated heterocycles. The minimum Gasteiger partial charge on any atom is -0.457 e. The molecule has 1 aromatic heterocycles. The lowest BCUT2D eigenvalue weighted by Gasteiger charge is -2.41. The van der Waals surface area contributed by atoms with Crippen LogP contribution in [0.4, 0.5) is 0 Å². The molecule has 8 aromatic carbocycles. The maximum Gasteiger partial charge on any atom is 0.132 e. The lowest BCUT2D eigenvalue weighted by atomic mass is 9.63. The lowest BCUT2D eigenvalue weighted by molar-refractivity contribution is 0.434. The highest BCUT2D eigenvalue weighted by Crippen LogP contribution is 2.56. The van der Waals surface area contributed by atoms with E-state index < -0.39 is 5.41 Å². The van der Waals surface area contributed by atoms with E-state index in [-0.39, 0.29) is 0 Å². The number of hydrogen-bond donors (Lipinski definition) is 0. The van der Waals surface area contributed by atoms with E-state index >= 15 is 0 Å². The smallest absolute Gasteiger partial charge is 0.132 e. The molecule has 2 nitrogen and oxygen atoms in total. The molecule has 0 aliphatic carbocycles. The van der Waals surface area contributed by atoms with E-state index in [4.69, 9.17) is 4.74 Å². The van der Waals surface area contributed by atoms with Gasteiger partial charge in [-0.25, -0.2) is 0 Å². The van der Waals surface area contributed by atoms with Gasteiger partial charge in [0.2, 0.25) is 0 Å². The van der Waals surface area contributed by atoms with Crippen molar-refractivity contribution in [1.82, 2.24) is 4.57 Å². The zero-order valence-electron chi connectivity index (χ0n) is 26.8. The fraction of sp³-hybridized carbons (Fsp3) is 0.0213. The van der Waals surface area contributed by atoms with Gasteiger partial charge in [-0.05, 0) is 87.6 Å². The second-order valence-electron chi connectivity index (χ2n) is 12.9. The van der Waals surface area contributed by atoms with Crippen LogP contribution < -0.4 is 4.74 Å². The molecular weight excluding hydrogens is 595 g/mol. The summed E-state index contributed by atoms with van der Waals surface area (Å²) in [6.45, 7) is 0. The summed E-state index contributed by atoms with van der Waals surface area (Å²) in [4.78, 5) is 0. The summed E-state index contributed by atoms with van der Waals surface area (Å²) in [6.07, 6.45) is 0. The third kappa shape index (κ3) is 4.14. The molecule has 2 heteroatoms. The molecule has 0 amide bonds. The Balaban J connectivity index is 1.24. The molecule has 10 rings (SSSR count). The van der Waals surface area contributed by atoms with Gasteiger partial charge >= 0.3 is 0 Å². The van der Waals surface area contributed by atoms with Crippen LogP contribution in [0.3, 0.4) is 0 Å². The van der Waals surface area contributed by atoms with Gasteiger partial charge in [0.05, 0.1) is 16.4 Å². The summed E-state index contributed by atoms with van der Waals surface area (Å²) < 4.78 is 9.08. The molecule has 2 heterocycles. The summed E-state index contributed by atoms with van der Waals surface area (Å²) in [6, 6.07) is 67.9. The number of ether oxygens (including phenoxy) is 1. The van der Waals surface area contributed by atoms with Gasteiger partial charge in [-0.3, -0.25) is 0 Å². The average molecular weight is 626 g/mol. The van der Waals surface area contributed by atoms with Gasteiger partial charge in [0, 0.05) is 27.6 Å². The highest BCUT2D eigenvalue weighted by atomic mass is 16.5. The average Bonchev–Trinajstić information content (AvgIpc) is 3.49. The summed E-state index contributed by atoms with van der Waals surface area (Å²) in [7, 11) is 0. The normalized spacial score (nSPS) is 13.2. The SMILES string of the molecule is c1ccc(-n2c3ccc(-c4ccc5c(c4)C(c4ccccc4)(c4ccccc4)c4ccccc4O5)cc3c3cc4ccccc4cc32)cc1. The van der Waals surface area contributed by atoms with Crippen molar-refractivity contribution in [1.29, 1.82) is 0 Å². The zero-order valence-corrected chi connectivity index (χ0v) is 26.8. The number of para-hydroxylation sites is 2. The van der Waals surface area contributed by atoms with Crippen LogP contribution in [0.2, 0.25) is 0 Å². The maximum atomic E-state index is 6.68. The van der Waals surface area contributed by atoms with Crippen molar-refractivity contribution in [3.63, 3.8) is 0 Å². The van der Waals surface area contributed by atoms with E-state index in [0.29, 0.717) is 0 Å². The summed E-state index contributed by atoms with van der Waals surface area (Å²) in [5, 5.41) is 4.97. The van der Waals surface area contributed by atoms with Crippen molar-refractivity contribution in [2.45, 2.75) is 5.41 Å². The Morgan fingerprint density at radius 1 is 0.388 bits per heavy atom. The molecule has 0 atom stereocenters.